The number of hydrogen-bond donors (Lipinski definition) is 0. The Morgan fingerprint density at radius 2 is 1.15 bits per heavy atom. The van der Waals surface area contributed by atoms with Gasteiger partial charge in [-0.3, -0.25) is 9.98 Å². The third-order valence-electron chi connectivity index (χ3n) is 8.14. The van der Waals surface area contributed by atoms with Crippen molar-refractivity contribution in [1.82, 2.24) is 0 Å². The number of benzene rings is 2. The van der Waals surface area contributed by atoms with Crippen LogP contribution in [0, 0.1) is 0 Å². The lowest BCUT2D eigenvalue weighted by molar-refractivity contribution is 0.648. The molecule has 2 nitrogen and oxygen atoms in total. The number of aryl methyl sites for hydroxylation is 4. The summed E-state index contributed by atoms with van der Waals surface area (Å²) in [4.78, 5) is 10.1. The Morgan fingerprint density at radius 3 is 1.75 bits per heavy atom. The number of hydrogen-bond acceptors (Lipinski definition) is 2. The molecule has 0 fully saturated rings. The summed E-state index contributed by atoms with van der Waals surface area (Å²) in [5.74, 6) is 0. The molecule has 222 valence electrons. The summed E-state index contributed by atoms with van der Waals surface area (Å²) in [5.41, 5.74) is 10.7. The molecule has 0 N–H and O–H groups in total. The van der Waals surface area contributed by atoms with Crippen LogP contribution in [0.4, 0.5) is 11.4 Å². The Balaban J connectivity index is 2.30. The largest absolute Gasteiger partial charge is 0.255 e. The monoisotopic (exact) mass is 544 g/mol. The predicted octanol–water partition coefficient (Wildman–Crippen LogP) is 12.1. The average molecular weight is 545 g/mol. The van der Waals surface area contributed by atoms with Crippen molar-refractivity contribution in [2.75, 3.05) is 0 Å². The van der Waals surface area contributed by atoms with E-state index in [4.69, 9.17) is 9.98 Å². The van der Waals surface area contributed by atoms with E-state index in [0.717, 1.165) is 42.8 Å². The van der Waals surface area contributed by atoms with Crippen molar-refractivity contribution in [3.05, 3.63) is 58.1 Å². The lowest BCUT2D eigenvalue weighted by atomic mass is 9.91. The fourth-order valence-electron chi connectivity index (χ4n) is 5.61. The van der Waals surface area contributed by atoms with Crippen LogP contribution in [0.25, 0.3) is 0 Å². The van der Waals surface area contributed by atoms with Gasteiger partial charge in [-0.05, 0) is 110 Å². The highest BCUT2D eigenvalue weighted by Gasteiger charge is 2.11. The van der Waals surface area contributed by atoms with Gasteiger partial charge < -0.3 is 0 Å². The van der Waals surface area contributed by atoms with Gasteiger partial charge >= 0.3 is 0 Å². The molecule has 0 saturated carbocycles. The Bertz CT molecular complexity index is 1030. The van der Waals surface area contributed by atoms with Gasteiger partial charge in [0.15, 0.2) is 0 Å². The predicted molar refractivity (Wildman–Crippen MR) is 181 cm³/mol. The third kappa shape index (κ3) is 12.5. The minimum atomic E-state index is 0.882. The van der Waals surface area contributed by atoms with E-state index in [1.165, 1.54) is 107 Å². The van der Waals surface area contributed by atoms with Gasteiger partial charge in [0.2, 0.25) is 0 Å². The van der Waals surface area contributed by atoms with E-state index >= 15 is 0 Å². The van der Waals surface area contributed by atoms with E-state index in [0.29, 0.717) is 0 Å². The minimum Gasteiger partial charge on any atom is -0.255 e. The maximum atomic E-state index is 5.16. The van der Waals surface area contributed by atoms with E-state index in [1.54, 1.807) is 11.1 Å². The maximum absolute atomic E-state index is 5.16. The summed E-state index contributed by atoms with van der Waals surface area (Å²) in [6.45, 7) is 13.6. The Morgan fingerprint density at radius 1 is 0.550 bits per heavy atom. The molecule has 0 aliphatic carbocycles. The summed E-state index contributed by atoms with van der Waals surface area (Å²) >= 11 is 0. The van der Waals surface area contributed by atoms with Gasteiger partial charge in [-0.15, -0.1) is 0 Å². The number of rotatable bonds is 21. The highest BCUT2D eigenvalue weighted by Crippen LogP contribution is 2.28. The van der Waals surface area contributed by atoms with Crippen LogP contribution in [0.2, 0.25) is 0 Å². The van der Waals surface area contributed by atoms with E-state index in [2.05, 4.69) is 71.9 Å². The second-order valence-electron chi connectivity index (χ2n) is 11.6. The number of nitrogens with zero attached hydrogens (tertiary/aromatic N) is 2. The molecular formula is C38H60N2. The minimum absolute atomic E-state index is 0.882. The summed E-state index contributed by atoms with van der Waals surface area (Å²) < 4.78 is 0. The van der Waals surface area contributed by atoms with E-state index < -0.39 is 0 Å². The van der Waals surface area contributed by atoms with Gasteiger partial charge in [-0.25, -0.2) is 0 Å². The molecule has 0 spiro atoms. The maximum Gasteiger partial charge on any atom is 0.0639 e. The first-order valence-electron chi connectivity index (χ1n) is 17.0. The quantitative estimate of drug-likeness (QED) is 0.110. The second-order valence-corrected chi connectivity index (χ2v) is 11.6. The van der Waals surface area contributed by atoms with Crippen molar-refractivity contribution in [2.45, 2.75) is 157 Å². The molecule has 2 heteroatoms. The fraction of sp³-hybridized carbons (Fsp3) is 0.632. The normalized spacial score (nSPS) is 12.1. The van der Waals surface area contributed by atoms with Crippen LogP contribution in [0.3, 0.4) is 0 Å². The van der Waals surface area contributed by atoms with Crippen LogP contribution in [0.1, 0.15) is 153 Å². The van der Waals surface area contributed by atoms with Gasteiger partial charge in [0.1, 0.15) is 0 Å². The summed E-state index contributed by atoms with van der Waals surface area (Å²) in [7, 11) is 0. The van der Waals surface area contributed by atoms with E-state index in [-0.39, 0.29) is 0 Å². The molecule has 0 unspecified atom stereocenters. The molecule has 0 amide bonds. The van der Waals surface area contributed by atoms with Crippen LogP contribution in [-0.2, 0) is 32.1 Å². The van der Waals surface area contributed by atoms with Crippen LogP contribution in [-0.4, -0.2) is 11.9 Å². The van der Waals surface area contributed by atoms with Crippen molar-refractivity contribution in [2.24, 2.45) is 9.98 Å². The molecule has 0 aliphatic heterocycles. The molecule has 0 aliphatic rings. The number of aliphatic imine (C=N–C) groups is 2. The average Bonchev–Trinajstić information content (AvgIpc) is 2.98. The Labute approximate surface area is 248 Å². The SMILES string of the molecule is CCCCCCc1cc(CC)cc(N=CC(CC)=Nc2cc(CC)c(CCCCCC)c(CCCCCC)c2)c1. The molecule has 0 heterocycles. The lowest BCUT2D eigenvalue weighted by Crippen LogP contribution is -2.02. The third-order valence-corrected chi connectivity index (χ3v) is 8.14. The van der Waals surface area contributed by atoms with Gasteiger partial charge in [-0.2, -0.15) is 0 Å². The van der Waals surface area contributed by atoms with Gasteiger partial charge in [0.05, 0.1) is 17.1 Å². The van der Waals surface area contributed by atoms with Crippen molar-refractivity contribution in [1.29, 1.82) is 0 Å². The fourth-order valence-corrected chi connectivity index (χ4v) is 5.61. The molecular weight excluding hydrogens is 484 g/mol. The first-order chi connectivity index (χ1) is 19.6. The molecule has 0 aromatic heterocycles. The first kappa shape index (κ1) is 34.0. The Hall–Kier alpha value is -2.22. The van der Waals surface area contributed by atoms with Crippen LogP contribution in [0.5, 0.6) is 0 Å². The molecule has 0 atom stereocenters. The summed E-state index contributed by atoms with van der Waals surface area (Å²) in [5, 5.41) is 0. The molecule has 2 rings (SSSR count). The zero-order chi connectivity index (χ0) is 29.0. The highest BCUT2D eigenvalue weighted by molar-refractivity contribution is 6.31. The molecule has 0 saturated heterocycles. The van der Waals surface area contributed by atoms with Crippen molar-refractivity contribution in [3.63, 3.8) is 0 Å². The molecule has 0 radical (unpaired) electrons. The van der Waals surface area contributed by atoms with Crippen LogP contribution in [0.15, 0.2) is 40.3 Å². The summed E-state index contributed by atoms with van der Waals surface area (Å²) in [6.07, 6.45) is 24.3. The topological polar surface area (TPSA) is 24.7 Å². The van der Waals surface area contributed by atoms with Crippen molar-refractivity contribution in [3.8, 4) is 0 Å². The molecule has 0 bridgehead atoms. The zero-order valence-corrected chi connectivity index (χ0v) is 27.1. The first-order valence-corrected chi connectivity index (χ1v) is 17.0. The summed E-state index contributed by atoms with van der Waals surface area (Å²) in [6, 6.07) is 11.7. The molecule has 2 aromatic rings. The standard InChI is InChI=1S/C38H60N2/c1-7-13-16-19-22-32-25-31(10-4)26-36(27-32)39-30-35(12-6)40-37-28-33(11-5)38(24-21-18-15-9-3)34(29-37)23-20-17-14-8-2/h25-30H,7-24H2,1-6H3. The Kier molecular flexibility index (Phi) is 17.5. The van der Waals surface area contributed by atoms with Gasteiger partial charge in [0, 0.05) is 6.21 Å². The zero-order valence-electron chi connectivity index (χ0n) is 27.1. The molecule has 2 aromatic carbocycles. The second kappa shape index (κ2) is 20.6. The van der Waals surface area contributed by atoms with Gasteiger partial charge in [0.25, 0.3) is 0 Å². The highest BCUT2D eigenvalue weighted by atomic mass is 14.8. The lowest BCUT2D eigenvalue weighted by Gasteiger charge is -2.16. The van der Waals surface area contributed by atoms with Gasteiger partial charge in [-0.1, -0.05) is 105 Å². The van der Waals surface area contributed by atoms with Crippen LogP contribution < -0.4 is 0 Å². The smallest absolute Gasteiger partial charge is 0.0639 e. The number of unbranched alkanes of at least 4 members (excludes halogenated alkanes) is 9. The van der Waals surface area contributed by atoms with Crippen LogP contribution >= 0.6 is 0 Å². The van der Waals surface area contributed by atoms with E-state index in [1.807, 2.05) is 6.21 Å². The molecule has 40 heavy (non-hydrogen) atoms. The van der Waals surface area contributed by atoms with E-state index in [9.17, 15) is 0 Å². The van der Waals surface area contributed by atoms with Crippen molar-refractivity contribution >= 4 is 23.3 Å². The van der Waals surface area contributed by atoms with Crippen molar-refractivity contribution < 1.29 is 0 Å².